The topological polar surface area (TPSA) is 40.5 Å². The van der Waals surface area contributed by atoms with Gasteiger partial charge in [0.15, 0.2) is 0 Å². The van der Waals surface area contributed by atoms with Gasteiger partial charge in [-0.05, 0) is 12.1 Å². The molecule has 2 atom stereocenters. The van der Waals surface area contributed by atoms with Gasteiger partial charge in [-0.25, -0.2) is 8.78 Å². The van der Waals surface area contributed by atoms with Gasteiger partial charge in [-0.3, -0.25) is 0 Å². The number of alkyl halides is 1. The van der Waals surface area contributed by atoms with Crippen molar-refractivity contribution < 1.29 is 19.0 Å². The van der Waals surface area contributed by atoms with Crippen LogP contribution in [-0.2, 0) is 0 Å². The highest BCUT2D eigenvalue weighted by atomic mass is 79.9. The van der Waals surface area contributed by atoms with Crippen LogP contribution in [0.5, 0.6) is 0 Å². The minimum absolute atomic E-state index is 0.0309. The molecule has 0 radical (unpaired) electrons. The molecule has 0 aromatic heterocycles. The minimum Gasteiger partial charge on any atom is -0.389 e. The van der Waals surface area contributed by atoms with E-state index in [0.29, 0.717) is 0 Å². The van der Waals surface area contributed by atoms with E-state index < -0.39 is 29.4 Å². The molecule has 0 aliphatic carbocycles. The second-order valence-corrected chi connectivity index (χ2v) is 4.51. The Hall–Kier alpha value is -0.0400. The van der Waals surface area contributed by atoms with Crippen molar-refractivity contribution in [1.29, 1.82) is 0 Å². The van der Waals surface area contributed by atoms with Crippen molar-refractivity contribution in [2.45, 2.75) is 12.2 Å². The van der Waals surface area contributed by atoms with Crippen LogP contribution < -0.4 is 0 Å². The summed E-state index contributed by atoms with van der Waals surface area (Å²) < 4.78 is 26.8. The van der Waals surface area contributed by atoms with Crippen molar-refractivity contribution in [3.8, 4) is 0 Å². The lowest BCUT2D eigenvalue weighted by Crippen LogP contribution is -2.21. The Kier molecular flexibility index (Phi) is 4.64. The van der Waals surface area contributed by atoms with E-state index >= 15 is 0 Å². The molecule has 0 aliphatic rings. The predicted molar refractivity (Wildman–Crippen MR) is 58.8 cm³/mol. The van der Waals surface area contributed by atoms with Crippen molar-refractivity contribution >= 4 is 31.9 Å². The van der Waals surface area contributed by atoms with Crippen LogP contribution in [0.2, 0.25) is 0 Å². The van der Waals surface area contributed by atoms with Gasteiger partial charge in [0.25, 0.3) is 0 Å². The second kappa shape index (κ2) is 5.34. The van der Waals surface area contributed by atoms with E-state index in [2.05, 4.69) is 31.9 Å². The number of benzene rings is 1. The summed E-state index contributed by atoms with van der Waals surface area (Å²) in [7, 11) is 0. The summed E-state index contributed by atoms with van der Waals surface area (Å²) in [6.45, 7) is 0. The third-order valence-electron chi connectivity index (χ3n) is 1.86. The standard InChI is InChI=1S/C9H8Br2F2O2/c10-3-7(14)9(15)8-5(12)1-4(11)2-6(8)13/h1-2,7,9,14-15H,3H2. The van der Waals surface area contributed by atoms with Crippen LogP contribution in [0.15, 0.2) is 16.6 Å². The molecule has 84 valence electrons. The number of aliphatic hydroxyl groups is 2. The number of rotatable bonds is 3. The summed E-state index contributed by atoms with van der Waals surface area (Å²) in [5, 5.41) is 18.8. The number of hydrogen-bond donors (Lipinski definition) is 2. The van der Waals surface area contributed by atoms with Gasteiger partial charge in [-0.15, -0.1) is 0 Å². The number of aliphatic hydroxyl groups excluding tert-OH is 2. The number of hydrogen-bond acceptors (Lipinski definition) is 2. The van der Waals surface area contributed by atoms with Crippen molar-refractivity contribution in [1.82, 2.24) is 0 Å². The molecule has 0 saturated heterocycles. The van der Waals surface area contributed by atoms with E-state index in [1.807, 2.05) is 0 Å². The van der Waals surface area contributed by atoms with E-state index in [9.17, 15) is 19.0 Å². The maximum absolute atomic E-state index is 13.3. The molecular formula is C9H8Br2F2O2. The normalized spacial score (nSPS) is 15.1. The summed E-state index contributed by atoms with van der Waals surface area (Å²) >= 11 is 5.83. The summed E-state index contributed by atoms with van der Waals surface area (Å²) in [6, 6.07) is 2.06. The fraction of sp³-hybridized carbons (Fsp3) is 0.333. The molecule has 6 heteroatoms. The van der Waals surface area contributed by atoms with Gasteiger partial charge in [-0.1, -0.05) is 31.9 Å². The summed E-state index contributed by atoms with van der Waals surface area (Å²) in [5.41, 5.74) is -0.523. The lowest BCUT2D eigenvalue weighted by Gasteiger charge is -2.17. The molecular weight excluding hydrogens is 338 g/mol. The average molecular weight is 346 g/mol. The van der Waals surface area contributed by atoms with Gasteiger partial charge in [-0.2, -0.15) is 0 Å². The van der Waals surface area contributed by atoms with Crippen LogP contribution in [0.3, 0.4) is 0 Å². The molecule has 0 heterocycles. The van der Waals surface area contributed by atoms with Gasteiger partial charge < -0.3 is 10.2 Å². The Bertz CT molecular complexity index is 337. The second-order valence-electron chi connectivity index (χ2n) is 2.95. The van der Waals surface area contributed by atoms with Crippen LogP contribution in [0.25, 0.3) is 0 Å². The Morgan fingerprint density at radius 2 is 1.67 bits per heavy atom. The van der Waals surface area contributed by atoms with Gasteiger partial charge in [0, 0.05) is 9.80 Å². The fourth-order valence-electron chi connectivity index (χ4n) is 1.11. The first-order valence-electron chi connectivity index (χ1n) is 4.04. The molecule has 0 spiro atoms. The lowest BCUT2D eigenvalue weighted by atomic mass is 10.0. The van der Waals surface area contributed by atoms with Gasteiger partial charge >= 0.3 is 0 Å². The Labute approximate surface area is 102 Å². The largest absolute Gasteiger partial charge is 0.389 e. The lowest BCUT2D eigenvalue weighted by molar-refractivity contribution is 0.0295. The van der Waals surface area contributed by atoms with E-state index in [1.165, 1.54) is 0 Å². The van der Waals surface area contributed by atoms with Gasteiger partial charge in [0.2, 0.25) is 0 Å². The zero-order valence-corrected chi connectivity index (χ0v) is 10.6. The van der Waals surface area contributed by atoms with Crippen molar-refractivity contribution in [2.24, 2.45) is 0 Å². The van der Waals surface area contributed by atoms with Crippen molar-refractivity contribution in [3.63, 3.8) is 0 Å². The molecule has 0 fully saturated rings. The smallest absolute Gasteiger partial charge is 0.133 e. The molecule has 1 aromatic carbocycles. The average Bonchev–Trinajstić information content (AvgIpc) is 2.14. The van der Waals surface area contributed by atoms with E-state index in [4.69, 9.17) is 0 Å². The maximum atomic E-state index is 13.3. The highest BCUT2D eigenvalue weighted by molar-refractivity contribution is 9.10. The highest BCUT2D eigenvalue weighted by Gasteiger charge is 2.24. The molecule has 0 saturated carbocycles. The van der Waals surface area contributed by atoms with E-state index in [1.54, 1.807) is 0 Å². The van der Waals surface area contributed by atoms with Crippen molar-refractivity contribution in [3.05, 3.63) is 33.8 Å². The van der Waals surface area contributed by atoms with Crippen molar-refractivity contribution in [2.75, 3.05) is 5.33 Å². The summed E-state index contributed by atoms with van der Waals surface area (Å²) in [6.07, 6.45) is -2.84. The first-order valence-corrected chi connectivity index (χ1v) is 5.95. The molecule has 0 aliphatic heterocycles. The Morgan fingerprint density at radius 3 is 2.07 bits per heavy atom. The van der Waals surface area contributed by atoms with Crippen LogP contribution in [0.4, 0.5) is 8.78 Å². The van der Waals surface area contributed by atoms with Crippen LogP contribution in [0.1, 0.15) is 11.7 Å². The third-order valence-corrected chi connectivity index (χ3v) is 2.98. The molecule has 2 N–H and O–H groups in total. The minimum atomic E-state index is -1.59. The van der Waals surface area contributed by atoms with E-state index in [0.717, 1.165) is 12.1 Å². The third kappa shape index (κ3) is 2.96. The fourth-order valence-corrected chi connectivity index (χ4v) is 1.87. The van der Waals surface area contributed by atoms with Crippen LogP contribution in [-0.4, -0.2) is 21.6 Å². The molecule has 15 heavy (non-hydrogen) atoms. The molecule has 1 rings (SSSR count). The first-order chi connectivity index (χ1) is 6.97. The Morgan fingerprint density at radius 1 is 1.20 bits per heavy atom. The first kappa shape index (κ1) is 13.0. The molecule has 2 nitrogen and oxygen atoms in total. The molecule has 1 aromatic rings. The highest BCUT2D eigenvalue weighted by Crippen LogP contribution is 2.27. The maximum Gasteiger partial charge on any atom is 0.133 e. The zero-order chi connectivity index (χ0) is 11.6. The monoisotopic (exact) mass is 344 g/mol. The molecule has 0 amide bonds. The van der Waals surface area contributed by atoms with Crippen LogP contribution in [0, 0.1) is 11.6 Å². The predicted octanol–water partition coefficient (Wildman–Crippen LogP) is 2.52. The zero-order valence-electron chi connectivity index (χ0n) is 7.42. The molecule has 0 bridgehead atoms. The molecule has 2 unspecified atom stereocenters. The quantitative estimate of drug-likeness (QED) is 0.826. The Balaban J connectivity index is 3.13. The van der Waals surface area contributed by atoms with E-state index in [-0.39, 0.29) is 9.80 Å². The van der Waals surface area contributed by atoms with Gasteiger partial charge in [0.05, 0.1) is 11.7 Å². The number of halogens is 4. The summed E-state index contributed by atoms with van der Waals surface area (Å²) in [4.78, 5) is 0. The summed E-state index contributed by atoms with van der Waals surface area (Å²) in [5.74, 6) is -1.79. The van der Waals surface area contributed by atoms with Crippen LogP contribution >= 0.6 is 31.9 Å². The SMILES string of the molecule is OC(CBr)C(O)c1c(F)cc(Br)cc1F. The van der Waals surface area contributed by atoms with Gasteiger partial charge in [0.1, 0.15) is 17.7 Å².